The average molecular weight is 445 g/mol. The zero-order valence-electron chi connectivity index (χ0n) is 18.6. The number of benzene rings is 1. The number of nitrogens with one attached hydrogen (secondary N) is 2. The standard InChI is InChI=1S/C21H28N6O3S/c1-13-11-14(2)27(26-13)21-12-20(24-17(5)25-21)22-9-10-23-31(28,29)19-8-7-18(30-6)15(3)16(19)4/h7-8,11-12,23H,9-10H2,1-6H3,(H,22,24,25). The van der Waals surface area contributed by atoms with Gasteiger partial charge in [-0.25, -0.2) is 27.8 Å². The molecular weight excluding hydrogens is 416 g/mol. The summed E-state index contributed by atoms with van der Waals surface area (Å²) in [6, 6.07) is 6.99. The predicted octanol–water partition coefficient (Wildman–Crippen LogP) is 2.60. The Morgan fingerprint density at radius 2 is 1.74 bits per heavy atom. The van der Waals surface area contributed by atoms with Gasteiger partial charge in [0.25, 0.3) is 0 Å². The Kier molecular flexibility index (Phi) is 6.61. The molecule has 166 valence electrons. The van der Waals surface area contributed by atoms with E-state index in [2.05, 4.69) is 25.1 Å². The number of hydrogen-bond donors (Lipinski definition) is 2. The summed E-state index contributed by atoms with van der Waals surface area (Å²) in [6.45, 7) is 9.86. The molecule has 0 aliphatic rings. The molecule has 3 aromatic rings. The van der Waals surface area contributed by atoms with E-state index in [-0.39, 0.29) is 11.4 Å². The molecular formula is C21H28N6O3S. The van der Waals surface area contributed by atoms with Gasteiger partial charge in [0.05, 0.1) is 17.7 Å². The Bertz CT molecular complexity index is 1200. The fraction of sp³-hybridized carbons (Fsp3) is 0.381. The molecule has 0 atom stereocenters. The van der Waals surface area contributed by atoms with Crippen molar-refractivity contribution in [2.75, 3.05) is 25.5 Å². The number of anilines is 1. The summed E-state index contributed by atoms with van der Waals surface area (Å²) in [7, 11) is -2.08. The molecule has 0 unspecified atom stereocenters. The van der Waals surface area contributed by atoms with Crippen molar-refractivity contribution < 1.29 is 13.2 Å². The molecule has 31 heavy (non-hydrogen) atoms. The van der Waals surface area contributed by atoms with Crippen LogP contribution >= 0.6 is 0 Å². The molecule has 0 radical (unpaired) electrons. The smallest absolute Gasteiger partial charge is 0.240 e. The van der Waals surface area contributed by atoms with Crippen molar-refractivity contribution in [3.8, 4) is 11.6 Å². The fourth-order valence-electron chi connectivity index (χ4n) is 3.35. The topological polar surface area (TPSA) is 111 Å². The van der Waals surface area contributed by atoms with Gasteiger partial charge in [-0.05, 0) is 63.9 Å². The van der Waals surface area contributed by atoms with Crippen LogP contribution < -0.4 is 14.8 Å². The number of methoxy groups -OCH3 is 1. The molecule has 2 N–H and O–H groups in total. The van der Waals surface area contributed by atoms with E-state index < -0.39 is 10.0 Å². The summed E-state index contributed by atoms with van der Waals surface area (Å²) in [6.07, 6.45) is 0. The second-order valence-corrected chi connectivity index (χ2v) is 9.07. The molecule has 10 heteroatoms. The van der Waals surface area contributed by atoms with Crippen molar-refractivity contribution in [1.29, 1.82) is 0 Å². The minimum absolute atomic E-state index is 0.200. The quantitative estimate of drug-likeness (QED) is 0.514. The monoisotopic (exact) mass is 444 g/mol. The highest BCUT2D eigenvalue weighted by atomic mass is 32.2. The van der Waals surface area contributed by atoms with Crippen LogP contribution in [0.5, 0.6) is 5.75 Å². The Labute approximate surface area is 182 Å². The lowest BCUT2D eigenvalue weighted by atomic mass is 10.1. The van der Waals surface area contributed by atoms with Crippen molar-refractivity contribution in [2.45, 2.75) is 39.5 Å². The highest BCUT2D eigenvalue weighted by molar-refractivity contribution is 7.89. The van der Waals surface area contributed by atoms with Crippen LogP contribution in [-0.4, -0.2) is 48.4 Å². The van der Waals surface area contributed by atoms with Crippen LogP contribution in [0.3, 0.4) is 0 Å². The van der Waals surface area contributed by atoms with Crippen molar-refractivity contribution in [2.24, 2.45) is 0 Å². The van der Waals surface area contributed by atoms with Crippen LogP contribution in [0, 0.1) is 34.6 Å². The molecule has 0 saturated carbocycles. The summed E-state index contributed by atoms with van der Waals surface area (Å²) >= 11 is 0. The van der Waals surface area contributed by atoms with E-state index in [0.717, 1.165) is 17.0 Å². The SMILES string of the molecule is COc1ccc(S(=O)(=O)NCCNc2cc(-n3nc(C)cc3C)nc(C)n2)c(C)c1C. The van der Waals surface area contributed by atoms with Crippen molar-refractivity contribution in [3.63, 3.8) is 0 Å². The molecule has 0 fully saturated rings. The Balaban J connectivity index is 1.67. The first kappa shape index (κ1) is 22.7. The molecule has 0 saturated heterocycles. The maximum absolute atomic E-state index is 12.7. The van der Waals surface area contributed by atoms with Gasteiger partial charge in [-0.3, -0.25) is 0 Å². The summed E-state index contributed by atoms with van der Waals surface area (Å²) in [5.41, 5.74) is 3.35. The first-order valence-electron chi connectivity index (χ1n) is 9.89. The first-order valence-corrected chi connectivity index (χ1v) is 11.4. The van der Waals surface area contributed by atoms with E-state index in [4.69, 9.17) is 4.74 Å². The highest BCUT2D eigenvalue weighted by Gasteiger charge is 2.19. The predicted molar refractivity (Wildman–Crippen MR) is 120 cm³/mol. The maximum atomic E-state index is 12.7. The first-order chi connectivity index (χ1) is 14.6. The zero-order chi connectivity index (χ0) is 22.8. The molecule has 9 nitrogen and oxygen atoms in total. The van der Waals surface area contributed by atoms with Gasteiger partial charge in [0.1, 0.15) is 17.4 Å². The molecule has 0 bridgehead atoms. The van der Waals surface area contributed by atoms with Crippen LogP contribution in [0.15, 0.2) is 29.2 Å². The number of ether oxygens (including phenoxy) is 1. The lowest BCUT2D eigenvalue weighted by molar-refractivity contribution is 0.410. The molecule has 0 aliphatic carbocycles. The normalized spacial score (nSPS) is 11.5. The van der Waals surface area contributed by atoms with Gasteiger partial charge >= 0.3 is 0 Å². The highest BCUT2D eigenvalue weighted by Crippen LogP contribution is 2.26. The number of aromatic nitrogens is 4. The fourth-order valence-corrected chi connectivity index (χ4v) is 4.68. The molecule has 0 spiro atoms. The number of sulfonamides is 1. The van der Waals surface area contributed by atoms with Gasteiger partial charge in [-0.15, -0.1) is 0 Å². The maximum Gasteiger partial charge on any atom is 0.240 e. The van der Waals surface area contributed by atoms with Gasteiger partial charge in [0, 0.05) is 24.8 Å². The Morgan fingerprint density at radius 1 is 1.00 bits per heavy atom. The van der Waals surface area contributed by atoms with Crippen LogP contribution in [0.2, 0.25) is 0 Å². The van der Waals surface area contributed by atoms with E-state index in [0.29, 0.717) is 35.3 Å². The van der Waals surface area contributed by atoms with Gasteiger partial charge in [-0.1, -0.05) is 0 Å². The second kappa shape index (κ2) is 9.03. The third-order valence-corrected chi connectivity index (χ3v) is 6.58. The molecule has 3 rings (SSSR count). The molecule has 0 amide bonds. The minimum atomic E-state index is -3.65. The third-order valence-electron chi connectivity index (χ3n) is 4.97. The summed E-state index contributed by atoms with van der Waals surface area (Å²) in [5.74, 6) is 2.52. The lowest BCUT2D eigenvalue weighted by Gasteiger charge is -2.14. The number of rotatable bonds is 8. The van der Waals surface area contributed by atoms with E-state index in [1.54, 1.807) is 43.8 Å². The average Bonchev–Trinajstić information content (AvgIpc) is 3.05. The molecule has 0 aliphatic heterocycles. The number of hydrogen-bond acceptors (Lipinski definition) is 7. The number of aryl methyl sites for hydroxylation is 3. The van der Waals surface area contributed by atoms with E-state index in [1.165, 1.54) is 0 Å². The third kappa shape index (κ3) is 5.02. The van der Waals surface area contributed by atoms with Crippen molar-refractivity contribution >= 4 is 15.8 Å². The van der Waals surface area contributed by atoms with Crippen molar-refractivity contribution in [1.82, 2.24) is 24.5 Å². The van der Waals surface area contributed by atoms with Crippen molar-refractivity contribution in [3.05, 3.63) is 52.6 Å². The molecule has 1 aromatic carbocycles. The van der Waals surface area contributed by atoms with Crippen LogP contribution in [-0.2, 0) is 10.0 Å². The summed E-state index contributed by atoms with van der Waals surface area (Å²) in [5, 5.41) is 7.60. The second-order valence-electron chi connectivity index (χ2n) is 7.34. The molecule has 2 heterocycles. The van der Waals surface area contributed by atoms with Gasteiger partial charge in [0.2, 0.25) is 10.0 Å². The number of nitrogens with zero attached hydrogens (tertiary/aromatic N) is 4. The lowest BCUT2D eigenvalue weighted by Crippen LogP contribution is -2.29. The summed E-state index contributed by atoms with van der Waals surface area (Å²) < 4.78 is 35.1. The van der Waals surface area contributed by atoms with Gasteiger partial charge < -0.3 is 10.1 Å². The van der Waals surface area contributed by atoms with Crippen LogP contribution in [0.25, 0.3) is 5.82 Å². The van der Waals surface area contributed by atoms with E-state index in [9.17, 15) is 8.42 Å². The zero-order valence-corrected chi connectivity index (χ0v) is 19.5. The summed E-state index contributed by atoms with van der Waals surface area (Å²) in [4.78, 5) is 9.07. The minimum Gasteiger partial charge on any atom is -0.496 e. The van der Waals surface area contributed by atoms with E-state index in [1.807, 2.05) is 26.8 Å². The largest absolute Gasteiger partial charge is 0.496 e. The van der Waals surface area contributed by atoms with Gasteiger partial charge in [0.15, 0.2) is 5.82 Å². The Morgan fingerprint density at radius 3 is 2.39 bits per heavy atom. The van der Waals surface area contributed by atoms with E-state index >= 15 is 0 Å². The van der Waals surface area contributed by atoms with Crippen LogP contribution in [0.1, 0.15) is 28.3 Å². The van der Waals surface area contributed by atoms with Crippen LogP contribution in [0.4, 0.5) is 5.82 Å². The molecule has 2 aromatic heterocycles. The van der Waals surface area contributed by atoms with Gasteiger partial charge in [-0.2, -0.15) is 5.10 Å². The Hall–Kier alpha value is -2.98.